The lowest BCUT2D eigenvalue weighted by Crippen LogP contribution is -2.78. The molecule has 10 heteroatoms. The van der Waals surface area contributed by atoms with E-state index in [2.05, 4.69) is 62.6 Å². The van der Waals surface area contributed by atoms with E-state index in [1.807, 2.05) is 0 Å². The number of rotatable bonds is 3. The number of hydrogen-bond acceptors (Lipinski definition) is 10. The Morgan fingerprint density at radius 3 is 2.48 bits per heavy atom. The van der Waals surface area contributed by atoms with Crippen molar-refractivity contribution in [2.45, 2.75) is 210 Å². The first-order valence-electron chi connectivity index (χ1n) is 34.7. The molecule has 7 saturated carbocycles. The van der Waals surface area contributed by atoms with Crippen LogP contribution in [-0.4, -0.2) is 76.1 Å². The summed E-state index contributed by atoms with van der Waals surface area (Å²) >= 11 is 0. The van der Waals surface area contributed by atoms with Crippen LogP contribution in [0.5, 0.6) is 0 Å². The van der Waals surface area contributed by atoms with Crippen LogP contribution in [0.15, 0.2) is 63.8 Å². The molecule has 0 amide bonds. The van der Waals surface area contributed by atoms with Gasteiger partial charge < -0.3 is 25.2 Å². The topological polar surface area (TPSA) is 105 Å². The molecule has 13 bridgehead atoms. The van der Waals surface area contributed by atoms with Crippen molar-refractivity contribution in [2.24, 2.45) is 109 Å². The second-order valence-corrected chi connectivity index (χ2v) is 35.5. The number of aliphatic hydroxyl groups is 1. The number of esters is 2. The summed E-state index contributed by atoms with van der Waals surface area (Å²) in [5.74, 6) is 7.22. The summed E-state index contributed by atoms with van der Waals surface area (Å²) in [6.07, 6.45) is 36.7. The first-order valence-corrected chi connectivity index (χ1v) is 37.2. The van der Waals surface area contributed by atoms with E-state index in [9.17, 15) is 5.11 Å². The fraction of sp³-hybridized carbons (Fsp3) is 0.778. The highest BCUT2D eigenvalue weighted by atomic mass is 33.1. The molecule has 0 radical (unpaired) electrons. The highest BCUT2D eigenvalue weighted by Gasteiger charge is 2.95. The van der Waals surface area contributed by atoms with Gasteiger partial charge in [-0.1, -0.05) is 108 Å². The average Bonchev–Trinajstić information content (AvgIpc) is 1.28. The van der Waals surface area contributed by atoms with Crippen LogP contribution in [0, 0.1) is 104 Å². The predicted molar refractivity (Wildman–Crippen MR) is 321 cm³/mol. The Morgan fingerprint density at radius 1 is 0.829 bits per heavy atom. The minimum atomic E-state index is -1.15. The molecule has 3 N–H and O–H groups in total. The molecule has 20 aliphatic rings. The highest BCUT2D eigenvalue weighted by molar-refractivity contribution is 8.76. The Hall–Kier alpha value is -2.66. The van der Waals surface area contributed by atoms with Crippen molar-refractivity contribution in [1.29, 1.82) is 0 Å². The number of ether oxygens (including phenoxy) is 2. The standard InChI is InChI=1S/C72H91N3O5S2/c1-39-26-41-15-16-54-45-27-46-34-74(54)60(41)58-49-18-24-70-63(61(76)51-28-42-17-23-66(62(51)75(33-45)59(42)46)37-67(19-4-5-20-67)68(38-66)21-6-7-22-68)79-65(78)71(70)55(72(70)53-14-8-11-40(12-9-25-73)56(53)64(77)80-72)30-44-29-50-47(31-69(39,58)32-52(50)57(49)71)36-82-81-35-43-10-2-3-13-48(43)44/h8,11,14,29,39,42-48,51-52,54-55,58-59,62,76H,2-7,9-10,12-13,15-28,30-38,73H2,1H3/b50-29?,63-61+/t39-,42-,43-,44-,45+,46+,47-,48-,51-,52-,54+,55+,58+,59-,62-,69-,70-,71-,72-/m1/s1. The van der Waals surface area contributed by atoms with Gasteiger partial charge in [0.25, 0.3) is 0 Å². The molecule has 0 aromatic heterocycles. The molecule has 21 rings (SSSR count). The van der Waals surface area contributed by atoms with E-state index >= 15 is 9.59 Å². The summed E-state index contributed by atoms with van der Waals surface area (Å²) in [5, 5.41) is 14.9. The number of carbonyl (C=O) groups is 2. The molecule has 9 aliphatic heterocycles. The minimum Gasteiger partial charge on any atom is -0.508 e. The summed E-state index contributed by atoms with van der Waals surface area (Å²) in [5.41, 5.74) is 15.1. The van der Waals surface area contributed by atoms with Crippen LogP contribution >= 0.6 is 21.6 Å². The third kappa shape index (κ3) is 5.57. The lowest BCUT2D eigenvalue weighted by Gasteiger charge is -2.75. The van der Waals surface area contributed by atoms with Gasteiger partial charge in [0, 0.05) is 77.7 Å². The number of aliphatic hydroxyl groups excluding tert-OH is 1. The fourth-order valence-corrected chi connectivity index (χ4v) is 31.9. The maximum atomic E-state index is 17.4. The monoisotopic (exact) mass is 1140 g/mol. The number of allylic oxidation sites excluding steroid dienone is 4. The number of nitrogens with two attached hydrogens (primary N) is 1. The smallest absolute Gasteiger partial charge is 0.339 e. The summed E-state index contributed by atoms with van der Waals surface area (Å²) in [6, 6.07) is 7.92. The first kappa shape index (κ1) is 50.3. The van der Waals surface area contributed by atoms with Crippen molar-refractivity contribution in [3.63, 3.8) is 0 Å². The molecule has 1 aromatic carbocycles. The van der Waals surface area contributed by atoms with Crippen molar-refractivity contribution in [2.75, 3.05) is 31.1 Å². The fourth-order valence-electron chi connectivity index (χ4n) is 29.1. The van der Waals surface area contributed by atoms with E-state index in [1.165, 1.54) is 153 Å². The summed E-state index contributed by atoms with van der Waals surface area (Å²) in [4.78, 5) is 39.6. The predicted octanol–water partition coefficient (Wildman–Crippen LogP) is 14.5. The number of carbonyl (C=O) groups excluding carboxylic acids is 2. The number of nitrogens with zero attached hydrogens (tertiary/aromatic N) is 2. The molecule has 7 spiro atoms. The van der Waals surface area contributed by atoms with Crippen LogP contribution in [0.2, 0.25) is 0 Å². The number of hydrogen-bond donors (Lipinski definition) is 2. The Bertz CT molecular complexity index is 3160. The van der Waals surface area contributed by atoms with Crippen molar-refractivity contribution < 1.29 is 24.2 Å². The zero-order valence-electron chi connectivity index (χ0n) is 49.2. The molecule has 12 fully saturated rings. The van der Waals surface area contributed by atoms with Gasteiger partial charge in [-0.05, 0) is 228 Å². The second-order valence-electron chi connectivity index (χ2n) is 32.9. The van der Waals surface area contributed by atoms with Gasteiger partial charge in [-0.3, -0.25) is 9.69 Å². The van der Waals surface area contributed by atoms with E-state index in [0.717, 1.165) is 67.5 Å². The molecule has 8 nitrogen and oxygen atoms in total. The van der Waals surface area contributed by atoms with Crippen molar-refractivity contribution in [3.8, 4) is 0 Å². The zero-order chi connectivity index (χ0) is 54.2. The number of piperidine rings is 3. The minimum absolute atomic E-state index is 0.0803. The molecule has 82 heavy (non-hydrogen) atoms. The van der Waals surface area contributed by atoms with Gasteiger partial charge in [0.1, 0.15) is 11.2 Å². The third-order valence-electron chi connectivity index (χ3n) is 31.0. The van der Waals surface area contributed by atoms with Gasteiger partial charge in [-0.15, -0.1) is 0 Å². The zero-order valence-corrected chi connectivity index (χ0v) is 50.8. The van der Waals surface area contributed by atoms with E-state index in [0.29, 0.717) is 88.8 Å². The average molecular weight is 1140 g/mol. The Kier molecular flexibility index (Phi) is 10.3. The van der Waals surface area contributed by atoms with E-state index in [1.54, 1.807) is 22.4 Å². The summed E-state index contributed by atoms with van der Waals surface area (Å²) in [7, 11) is 4.39. The Balaban J connectivity index is 0.900. The van der Waals surface area contributed by atoms with E-state index in [4.69, 9.17) is 15.2 Å². The molecule has 19 atom stereocenters. The van der Waals surface area contributed by atoms with Crippen LogP contribution in [-0.2, 0) is 26.3 Å². The van der Waals surface area contributed by atoms with Gasteiger partial charge in [0.15, 0.2) is 11.4 Å². The van der Waals surface area contributed by atoms with E-state index in [-0.39, 0.29) is 58.4 Å². The van der Waals surface area contributed by atoms with Gasteiger partial charge in [-0.25, -0.2) is 4.79 Å². The molecule has 11 aliphatic carbocycles. The van der Waals surface area contributed by atoms with Crippen LogP contribution in [0.4, 0.5) is 0 Å². The van der Waals surface area contributed by atoms with Crippen molar-refractivity contribution >= 4 is 33.5 Å². The third-order valence-corrected chi connectivity index (χ3v) is 33.6. The number of benzene rings is 1. The maximum absolute atomic E-state index is 17.4. The van der Waals surface area contributed by atoms with Crippen molar-refractivity contribution in [1.82, 2.24) is 9.80 Å². The SMILES string of the molecule is C[C@@H]1CC2=C3[C@@H]4C5=C6[C@@H]7C[C@@]41C[C@@H]1CSSC[C@H]4CCCC[C@H]4[C@H](C=C17)C[C@H]1[C@]64C(=O)O/C(=C(/O)[C@H]6C[C@H]7CCC8(CC9(CCCC9)C9(CCCC9)C8)[C@@H]6N6C[C@@H]8C[C@@H](CN3[C@H]8CC2)[C@@H]76)[C@@]4(CC5)[C@]12OC(=O)c1c(CCCN)cccc12. The normalized spacial score (nSPS) is 50.0. The number of fused-ring (bicyclic) bond motifs is 11. The van der Waals surface area contributed by atoms with Gasteiger partial charge in [0.05, 0.1) is 11.0 Å². The van der Waals surface area contributed by atoms with Crippen LogP contribution < -0.4 is 5.73 Å². The molecule has 9 heterocycles. The van der Waals surface area contributed by atoms with Gasteiger partial charge in [0.2, 0.25) is 0 Å². The van der Waals surface area contributed by atoms with E-state index < -0.39 is 16.4 Å². The van der Waals surface area contributed by atoms with Crippen molar-refractivity contribution in [3.05, 3.63) is 80.5 Å². The van der Waals surface area contributed by atoms with Crippen LogP contribution in [0.3, 0.4) is 0 Å². The van der Waals surface area contributed by atoms with Gasteiger partial charge in [-0.2, -0.15) is 0 Å². The molecule has 5 saturated heterocycles. The first-order chi connectivity index (χ1) is 40.0. The maximum Gasteiger partial charge on any atom is 0.339 e. The summed E-state index contributed by atoms with van der Waals surface area (Å²) in [6.45, 7) is 5.61. The highest BCUT2D eigenvalue weighted by Crippen LogP contribution is 2.90. The largest absolute Gasteiger partial charge is 0.508 e. The molecule has 436 valence electrons. The van der Waals surface area contributed by atoms with Gasteiger partial charge >= 0.3 is 11.9 Å². The van der Waals surface area contributed by atoms with Crippen LogP contribution in [0.25, 0.3) is 0 Å². The second kappa shape index (κ2) is 16.7. The lowest BCUT2D eigenvalue weighted by molar-refractivity contribution is -0.284. The quantitative estimate of drug-likeness (QED) is 0.173. The molecular formula is C72H91N3O5S2. The Labute approximate surface area is 495 Å². The Morgan fingerprint density at radius 2 is 1.65 bits per heavy atom. The lowest BCUT2D eigenvalue weighted by atomic mass is 9.26. The molecular weight excluding hydrogens is 1050 g/mol. The van der Waals surface area contributed by atoms with Crippen LogP contribution in [0.1, 0.15) is 202 Å². The number of aryl methyl sites for hydroxylation is 1. The molecule has 0 unspecified atom stereocenters. The summed E-state index contributed by atoms with van der Waals surface area (Å²) < 4.78 is 15.5. The molecule has 1 aromatic rings.